The van der Waals surface area contributed by atoms with E-state index in [1.807, 2.05) is 0 Å². The highest BCUT2D eigenvalue weighted by atomic mass is 16.3. The number of unbranched alkanes of at least 4 members (excludes halogenated alkanes) is 2. The van der Waals surface area contributed by atoms with Crippen molar-refractivity contribution in [1.29, 1.82) is 0 Å². The molecule has 0 aliphatic heterocycles. The second-order valence-electron chi connectivity index (χ2n) is 7.51. The lowest BCUT2D eigenvalue weighted by Gasteiger charge is -2.27. The van der Waals surface area contributed by atoms with Gasteiger partial charge in [-0.2, -0.15) is 0 Å². The summed E-state index contributed by atoms with van der Waals surface area (Å²) >= 11 is 0. The lowest BCUT2D eigenvalue weighted by atomic mass is 9.76. The third-order valence-corrected chi connectivity index (χ3v) is 5.90. The van der Waals surface area contributed by atoms with Gasteiger partial charge in [0.1, 0.15) is 6.10 Å². The molecule has 0 spiro atoms. The topological polar surface area (TPSA) is 20.2 Å². The summed E-state index contributed by atoms with van der Waals surface area (Å²) in [6, 6.07) is 10.9. The van der Waals surface area contributed by atoms with Crippen molar-refractivity contribution in [3.05, 3.63) is 35.9 Å². The molecule has 0 radical (unpaired) electrons. The Kier molecular flexibility index (Phi) is 5.79. The molecule has 2 aliphatic rings. The van der Waals surface area contributed by atoms with Crippen molar-refractivity contribution in [1.82, 2.24) is 0 Å². The van der Waals surface area contributed by atoms with Crippen LogP contribution in [0.1, 0.15) is 57.4 Å². The van der Waals surface area contributed by atoms with Crippen LogP contribution in [0.3, 0.4) is 0 Å². The zero-order valence-electron chi connectivity index (χ0n) is 14.4. The van der Waals surface area contributed by atoms with Crippen LogP contribution in [0.5, 0.6) is 0 Å². The molecular weight excluding hydrogens is 280 g/mol. The van der Waals surface area contributed by atoms with Crippen molar-refractivity contribution in [3.8, 4) is 11.8 Å². The Bertz CT molecular complexity index is 538. The van der Waals surface area contributed by atoms with E-state index in [9.17, 15) is 5.11 Å². The first kappa shape index (κ1) is 16.6. The summed E-state index contributed by atoms with van der Waals surface area (Å²) in [4.78, 5) is 0. The van der Waals surface area contributed by atoms with Gasteiger partial charge in [0, 0.05) is 5.92 Å². The van der Waals surface area contributed by atoms with Crippen LogP contribution >= 0.6 is 0 Å². The minimum Gasteiger partial charge on any atom is -0.380 e. The molecule has 1 N–H and O–H groups in total. The molecule has 1 heteroatoms. The summed E-state index contributed by atoms with van der Waals surface area (Å²) in [7, 11) is 0. The van der Waals surface area contributed by atoms with Crippen molar-refractivity contribution in [2.45, 2.75) is 64.4 Å². The van der Waals surface area contributed by atoms with E-state index < -0.39 is 6.10 Å². The molecule has 2 bridgehead atoms. The zero-order chi connectivity index (χ0) is 16.1. The Morgan fingerprint density at radius 2 is 1.91 bits per heavy atom. The minimum absolute atomic E-state index is 0.418. The maximum atomic E-state index is 10.1. The number of hydrogen-bond donors (Lipinski definition) is 1. The highest BCUT2D eigenvalue weighted by molar-refractivity contribution is 5.21. The Morgan fingerprint density at radius 3 is 2.70 bits per heavy atom. The van der Waals surface area contributed by atoms with Crippen molar-refractivity contribution in [3.63, 3.8) is 0 Å². The monoisotopic (exact) mass is 310 g/mol. The maximum Gasteiger partial charge on any atom is 0.114 e. The quantitative estimate of drug-likeness (QED) is 0.589. The van der Waals surface area contributed by atoms with Crippen molar-refractivity contribution < 1.29 is 5.11 Å². The van der Waals surface area contributed by atoms with E-state index >= 15 is 0 Å². The summed E-state index contributed by atoms with van der Waals surface area (Å²) in [6.07, 6.45) is 9.17. The molecular formula is C22H30O. The molecule has 2 saturated carbocycles. The maximum absolute atomic E-state index is 10.1. The third-order valence-electron chi connectivity index (χ3n) is 5.90. The highest BCUT2D eigenvalue weighted by Gasteiger charge is 2.46. The molecule has 0 amide bonds. The van der Waals surface area contributed by atoms with Gasteiger partial charge < -0.3 is 5.11 Å². The van der Waals surface area contributed by atoms with E-state index in [0.717, 1.165) is 31.1 Å². The van der Waals surface area contributed by atoms with Gasteiger partial charge in [-0.3, -0.25) is 0 Å². The van der Waals surface area contributed by atoms with Crippen molar-refractivity contribution in [2.75, 3.05) is 0 Å². The number of benzene rings is 1. The molecule has 23 heavy (non-hydrogen) atoms. The molecule has 1 nitrogen and oxygen atoms in total. The Labute approximate surface area is 141 Å². The van der Waals surface area contributed by atoms with Crippen LogP contribution in [0.4, 0.5) is 0 Å². The number of rotatable bonds is 6. The van der Waals surface area contributed by atoms with Gasteiger partial charge in [0.2, 0.25) is 0 Å². The van der Waals surface area contributed by atoms with E-state index in [-0.39, 0.29) is 0 Å². The smallest absolute Gasteiger partial charge is 0.114 e. The van der Waals surface area contributed by atoms with Crippen LogP contribution in [0.2, 0.25) is 0 Å². The number of aliphatic hydroxyl groups is 1. The summed E-state index contributed by atoms with van der Waals surface area (Å²) in [5.74, 6) is 9.55. The van der Waals surface area contributed by atoms with E-state index in [0.29, 0.717) is 11.8 Å². The number of hydrogen-bond acceptors (Lipinski definition) is 1. The zero-order valence-corrected chi connectivity index (χ0v) is 14.4. The van der Waals surface area contributed by atoms with Gasteiger partial charge in [-0.15, -0.1) is 0 Å². The Hall–Kier alpha value is -1.26. The lowest BCUT2D eigenvalue weighted by Crippen LogP contribution is -2.23. The van der Waals surface area contributed by atoms with Crippen LogP contribution in [0.15, 0.2) is 30.3 Å². The normalized spacial score (nSPS) is 30.0. The van der Waals surface area contributed by atoms with Gasteiger partial charge in [0.05, 0.1) is 0 Å². The second kappa shape index (κ2) is 8.02. The molecule has 3 rings (SSSR count). The highest BCUT2D eigenvalue weighted by Crippen LogP contribution is 2.53. The molecule has 0 saturated heterocycles. The average molecular weight is 310 g/mol. The van der Waals surface area contributed by atoms with E-state index in [1.54, 1.807) is 0 Å². The molecule has 1 aromatic carbocycles. The fourth-order valence-corrected chi connectivity index (χ4v) is 4.67. The predicted octanol–water partition coefficient (Wildman–Crippen LogP) is 4.84. The molecule has 2 aliphatic carbocycles. The van der Waals surface area contributed by atoms with Crippen LogP contribution in [-0.4, -0.2) is 11.2 Å². The van der Waals surface area contributed by atoms with Crippen molar-refractivity contribution in [2.24, 2.45) is 23.7 Å². The first-order chi connectivity index (χ1) is 11.3. The van der Waals surface area contributed by atoms with Crippen LogP contribution in [0.25, 0.3) is 0 Å². The molecule has 0 aromatic heterocycles. The predicted molar refractivity (Wildman–Crippen MR) is 95.9 cm³/mol. The fraction of sp³-hybridized carbons (Fsp3) is 0.636. The van der Waals surface area contributed by atoms with Gasteiger partial charge in [-0.05, 0) is 61.8 Å². The van der Waals surface area contributed by atoms with Crippen LogP contribution < -0.4 is 0 Å². The Balaban J connectivity index is 1.62. The Morgan fingerprint density at radius 1 is 1.13 bits per heavy atom. The number of fused-ring (bicyclic) bond motifs is 2. The fourth-order valence-electron chi connectivity index (χ4n) is 4.67. The van der Waals surface area contributed by atoms with E-state index in [1.165, 1.54) is 37.7 Å². The molecule has 2 fully saturated rings. The first-order valence-corrected chi connectivity index (χ1v) is 9.51. The van der Waals surface area contributed by atoms with E-state index in [4.69, 9.17) is 0 Å². The lowest BCUT2D eigenvalue weighted by molar-refractivity contribution is 0.216. The molecule has 0 heterocycles. The first-order valence-electron chi connectivity index (χ1n) is 9.51. The summed E-state index contributed by atoms with van der Waals surface area (Å²) in [5.41, 5.74) is 1.44. The standard InChI is InChI=1S/C22H30O/c1-2-3-5-10-20(23)13-14-21-18-11-12-19(16-18)22(21)15-17-8-6-4-7-9-17/h4,6-9,18-23H,2-3,5,10-12,15-16H2,1H3. The summed E-state index contributed by atoms with van der Waals surface area (Å²) in [6.45, 7) is 2.20. The van der Waals surface area contributed by atoms with Crippen LogP contribution in [0, 0.1) is 35.5 Å². The SMILES string of the molecule is CCCCCC(O)C#CC1C2CCC(C2)C1Cc1ccccc1. The van der Waals surface area contributed by atoms with E-state index in [2.05, 4.69) is 49.1 Å². The molecule has 5 atom stereocenters. The summed E-state index contributed by atoms with van der Waals surface area (Å²) < 4.78 is 0. The largest absolute Gasteiger partial charge is 0.380 e. The average Bonchev–Trinajstić information content (AvgIpc) is 3.16. The molecule has 124 valence electrons. The minimum atomic E-state index is -0.418. The second-order valence-corrected chi connectivity index (χ2v) is 7.51. The third kappa shape index (κ3) is 4.18. The summed E-state index contributed by atoms with van der Waals surface area (Å²) in [5, 5.41) is 10.1. The molecule has 1 aromatic rings. The van der Waals surface area contributed by atoms with Gasteiger partial charge in [0.25, 0.3) is 0 Å². The van der Waals surface area contributed by atoms with Crippen LogP contribution in [-0.2, 0) is 6.42 Å². The van der Waals surface area contributed by atoms with Gasteiger partial charge in [-0.25, -0.2) is 0 Å². The number of aliphatic hydroxyl groups excluding tert-OH is 1. The molecule has 5 unspecified atom stereocenters. The van der Waals surface area contributed by atoms with Crippen molar-refractivity contribution >= 4 is 0 Å². The van der Waals surface area contributed by atoms with Gasteiger partial charge >= 0.3 is 0 Å². The van der Waals surface area contributed by atoms with Gasteiger partial charge in [-0.1, -0.05) is 61.9 Å². The van der Waals surface area contributed by atoms with Gasteiger partial charge in [0.15, 0.2) is 0 Å².